The second-order valence-corrected chi connectivity index (χ2v) is 8.74. The van der Waals surface area contributed by atoms with Crippen LogP contribution in [0.5, 0.6) is 17.2 Å². The molecule has 0 atom stereocenters. The van der Waals surface area contributed by atoms with Crippen molar-refractivity contribution in [2.45, 2.75) is 6.92 Å². The standard InChI is InChI=1S/C29H29N5O3/c1-21-20-27(31-22-12-14-23(36-2)15-13-22)32-29(30-21)34-18-16-33(17-19-34)28(35)25-10-6-7-11-26(25)37-24-8-4-3-5-9-24/h3-15,20H,16-19H2,1-2H3,(H,30,31,32). The van der Waals surface area contributed by atoms with Crippen LogP contribution in [-0.2, 0) is 0 Å². The lowest BCUT2D eigenvalue weighted by molar-refractivity contribution is 0.0743. The molecule has 0 unspecified atom stereocenters. The molecule has 0 aliphatic carbocycles. The van der Waals surface area contributed by atoms with E-state index in [1.54, 1.807) is 7.11 Å². The fourth-order valence-corrected chi connectivity index (χ4v) is 4.21. The zero-order valence-electron chi connectivity index (χ0n) is 20.9. The number of rotatable bonds is 7. The second-order valence-electron chi connectivity index (χ2n) is 8.74. The molecule has 1 amide bonds. The first kappa shape index (κ1) is 24.1. The van der Waals surface area contributed by atoms with Gasteiger partial charge in [0.1, 0.15) is 23.1 Å². The minimum atomic E-state index is -0.0433. The number of anilines is 3. The summed E-state index contributed by atoms with van der Waals surface area (Å²) in [6.07, 6.45) is 0. The van der Waals surface area contributed by atoms with Crippen LogP contribution in [0.4, 0.5) is 17.5 Å². The van der Waals surface area contributed by atoms with E-state index in [-0.39, 0.29) is 5.91 Å². The number of para-hydroxylation sites is 2. The van der Waals surface area contributed by atoms with Crippen LogP contribution in [0.1, 0.15) is 16.1 Å². The predicted molar refractivity (Wildman–Crippen MR) is 144 cm³/mol. The molecule has 0 saturated carbocycles. The first-order valence-corrected chi connectivity index (χ1v) is 12.2. The summed E-state index contributed by atoms with van der Waals surface area (Å²) >= 11 is 0. The molecule has 37 heavy (non-hydrogen) atoms. The first-order chi connectivity index (χ1) is 18.1. The molecule has 4 aromatic rings. The van der Waals surface area contributed by atoms with Gasteiger partial charge in [-0.2, -0.15) is 4.98 Å². The van der Waals surface area contributed by atoms with E-state index in [1.165, 1.54) is 0 Å². The fraction of sp³-hybridized carbons (Fsp3) is 0.207. The zero-order valence-corrected chi connectivity index (χ0v) is 20.9. The Labute approximate surface area is 216 Å². The Hall–Kier alpha value is -4.59. The van der Waals surface area contributed by atoms with E-state index < -0.39 is 0 Å². The third-order valence-corrected chi connectivity index (χ3v) is 6.14. The number of aromatic nitrogens is 2. The quantitative estimate of drug-likeness (QED) is 0.373. The molecule has 0 radical (unpaired) electrons. The summed E-state index contributed by atoms with van der Waals surface area (Å²) in [5.41, 5.74) is 2.33. The van der Waals surface area contributed by atoms with E-state index >= 15 is 0 Å². The van der Waals surface area contributed by atoms with Crippen molar-refractivity contribution in [2.75, 3.05) is 43.5 Å². The summed E-state index contributed by atoms with van der Waals surface area (Å²) in [7, 11) is 1.65. The number of nitrogens with one attached hydrogen (secondary N) is 1. The van der Waals surface area contributed by atoms with Crippen molar-refractivity contribution in [3.05, 3.63) is 96.2 Å². The third kappa shape index (κ3) is 5.81. The van der Waals surface area contributed by atoms with Crippen LogP contribution in [-0.4, -0.2) is 54.1 Å². The number of carbonyl (C=O) groups excluding carboxylic acids is 1. The lowest BCUT2D eigenvalue weighted by Crippen LogP contribution is -2.49. The monoisotopic (exact) mass is 495 g/mol. The number of nitrogens with zero attached hydrogens (tertiary/aromatic N) is 4. The number of hydrogen-bond acceptors (Lipinski definition) is 7. The molecule has 5 rings (SSSR count). The lowest BCUT2D eigenvalue weighted by Gasteiger charge is -2.35. The number of carbonyl (C=O) groups is 1. The number of ether oxygens (including phenoxy) is 2. The molecular weight excluding hydrogens is 466 g/mol. The average molecular weight is 496 g/mol. The van der Waals surface area contributed by atoms with Gasteiger partial charge in [0, 0.05) is 43.6 Å². The van der Waals surface area contributed by atoms with E-state index in [9.17, 15) is 4.79 Å². The number of piperazine rings is 1. The molecule has 8 nitrogen and oxygen atoms in total. The van der Waals surface area contributed by atoms with E-state index in [0.29, 0.717) is 49.2 Å². The van der Waals surface area contributed by atoms with Gasteiger partial charge in [-0.1, -0.05) is 30.3 Å². The number of amides is 1. The van der Waals surface area contributed by atoms with Gasteiger partial charge >= 0.3 is 0 Å². The Morgan fingerprint density at radius 1 is 0.838 bits per heavy atom. The number of hydrogen-bond donors (Lipinski definition) is 1. The Kier molecular flexibility index (Phi) is 7.16. The van der Waals surface area contributed by atoms with Gasteiger partial charge in [0.25, 0.3) is 5.91 Å². The molecular formula is C29H29N5O3. The second kappa shape index (κ2) is 11.0. The molecule has 0 bridgehead atoms. The molecule has 2 heterocycles. The van der Waals surface area contributed by atoms with E-state index in [4.69, 9.17) is 14.5 Å². The summed E-state index contributed by atoms with van der Waals surface area (Å²) < 4.78 is 11.2. The molecule has 8 heteroatoms. The highest BCUT2D eigenvalue weighted by molar-refractivity contribution is 5.97. The van der Waals surface area contributed by atoms with Gasteiger partial charge in [-0.05, 0) is 55.5 Å². The van der Waals surface area contributed by atoms with Gasteiger partial charge < -0.3 is 24.6 Å². The smallest absolute Gasteiger partial charge is 0.257 e. The summed E-state index contributed by atoms with van der Waals surface area (Å²) in [6, 6.07) is 26.5. The SMILES string of the molecule is COc1ccc(Nc2cc(C)nc(N3CCN(C(=O)c4ccccc4Oc4ccccc4)CC3)n2)cc1. The Balaban J connectivity index is 1.25. The van der Waals surface area contributed by atoms with Crippen molar-refractivity contribution >= 4 is 23.4 Å². The van der Waals surface area contributed by atoms with Gasteiger partial charge in [-0.25, -0.2) is 4.98 Å². The minimum absolute atomic E-state index is 0.0433. The van der Waals surface area contributed by atoms with Crippen molar-refractivity contribution in [2.24, 2.45) is 0 Å². The normalized spacial score (nSPS) is 13.2. The van der Waals surface area contributed by atoms with Crippen LogP contribution in [0.15, 0.2) is 84.9 Å². The first-order valence-electron chi connectivity index (χ1n) is 12.2. The van der Waals surface area contributed by atoms with Crippen LogP contribution in [0, 0.1) is 6.92 Å². The van der Waals surface area contributed by atoms with Crippen molar-refractivity contribution in [3.63, 3.8) is 0 Å². The molecule has 1 aliphatic rings. The van der Waals surface area contributed by atoms with Crippen LogP contribution >= 0.6 is 0 Å². The van der Waals surface area contributed by atoms with Gasteiger partial charge in [0.15, 0.2) is 0 Å². The molecule has 1 aliphatic heterocycles. The highest BCUT2D eigenvalue weighted by Crippen LogP contribution is 2.27. The largest absolute Gasteiger partial charge is 0.497 e. The number of benzene rings is 3. The number of methoxy groups -OCH3 is 1. The van der Waals surface area contributed by atoms with Gasteiger partial charge in [0.05, 0.1) is 12.7 Å². The number of aryl methyl sites for hydroxylation is 1. The van der Waals surface area contributed by atoms with Gasteiger partial charge in [-0.3, -0.25) is 4.79 Å². The highest BCUT2D eigenvalue weighted by atomic mass is 16.5. The third-order valence-electron chi connectivity index (χ3n) is 6.14. The summed E-state index contributed by atoms with van der Waals surface area (Å²) in [6.45, 7) is 4.36. The molecule has 1 fully saturated rings. The highest BCUT2D eigenvalue weighted by Gasteiger charge is 2.26. The zero-order chi connectivity index (χ0) is 25.6. The van der Waals surface area contributed by atoms with E-state index in [0.717, 1.165) is 22.9 Å². The van der Waals surface area contributed by atoms with Crippen molar-refractivity contribution < 1.29 is 14.3 Å². The van der Waals surface area contributed by atoms with Crippen LogP contribution in [0.3, 0.4) is 0 Å². The maximum atomic E-state index is 13.4. The van der Waals surface area contributed by atoms with Gasteiger partial charge in [-0.15, -0.1) is 0 Å². The molecule has 1 N–H and O–H groups in total. The average Bonchev–Trinajstić information content (AvgIpc) is 2.94. The molecule has 188 valence electrons. The Bertz CT molecular complexity index is 1350. The maximum absolute atomic E-state index is 13.4. The van der Waals surface area contributed by atoms with Crippen LogP contribution in [0.2, 0.25) is 0 Å². The van der Waals surface area contributed by atoms with Crippen molar-refractivity contribution in [1.29, 1.82) is 0 Å². The summed E-state index contributed by atoms with van der Waals surface area (Å²) in [5, 5.41) is 3.34. The summed E-state index contributed by atoms with van der Waals surface area (Å²) in [5.74, 6) is 3.37. The Morgan fingerprint density at radius 3 is 2.27 bits per heavy atom. The molecule has 1 saturated heterocycles. The van der Waals surface area contributed by atoms with E-state index in [2.05, 4.69) is 15.2 Å². The van der Waals surface area contributed by atoms with Crippen molar-refractivity contribution in [1.82, 2.24) is 14.9 Å². The van der Waals surface area contributed by atoms with Crippen LogP contribution in [0.25, 0.3) is 0 Å². The fourth-order valence-electron chi connectivity index (χ4n) is 4.21. The minimum Gasteiger partial charge on any atom is -0.497 e. The van der Waals surface area contributed by atoms with E-state index in [1.807, 2.05) is 96.8 Å². The van der Waals surface area contributed by atoms with Crippen molar-refractivity contribution in [3.8, 4) is 17.2 Å². The predicted octanol–water partition coefficient (Wildman–Crippen LogP) is 5.29. The summed E-state index contributed by atoms with van der Waals surface area (Å²) in [4.78, 5) is 26.7. The lowest BCUT2D eigenvalue weighted by atomic mass is 10.1. The van der Waals surface area contributed by atoms with Gasteiger partial charge in [0.2, 0.25) is 5.95 Å². The maximum Gasteiger partial charge on any atom is 0.257 e. The molecule has 3 aromatic carbocycles. The van der Waals surface area contributed by atoms with Crippen LogP contribution < -0.4 is 19.7 Å². The molecule has 0 spiro atoms. The Morgan fingerprint density at radius 2 is 1.54 bits per heavy atom. The topological polar surface area (TPSA) is 79.8 Å². The molecule has 1 aromatic heterocycles.